The number of hydrogen-bond donors (Lipinski definition) is 2. The summed E-state index contributed by atoms with van der Waals surface area (Å²) >= 11 is 1.30. The van der Waals surface area contributed by atoms with Crippen molar-refractivity contribution in [2.45, 2.75) is 19.0 Å². The highest BCUT2D eigenvalue weighted by molar-refractivity contribution is 7.19. The average molecular weight is 546 g/mol. The molecule has 11 nitrogen and oxygen atoms in total. The van der Waals surface area contributed by atoms with Crippen LogP contribution in [0, 0.1) is 11.6 Å². The molecule has 4 heterocycles. The molecule has 2 aliphatic rings. The van der Waals surface area contributed by atoms with Crippen LogP contribution in [0.3, 0.4) is 0 Å². The number of nitrogens with one attached hydrogen (secondary N) is 2. The Hall–Kier alpha value is -3.49. The summed E-state index contributed by atoms with van der Waals surface area (Å²) in [4.78, 5) is 18.9. The van der Waals surface area contributed by atoms with Crippen LogP contribution in [0.15, 0.2) is 30.5 Å². The first-order valence-electron chi connectivity index (χ1n) is 12.4. The molecule has 0 unspecified atom stereocenters. The first-order valence-corrected chi connectivity index (χ1v) is 13.2. The van der Waals surface area contributed by atoms with Crippen molar-refractivity contribution in [2.24, 2.45) is 0 Å². The standard InChI is InChI=1S/C24H29F2N9O2S/c1-37-22-18(25)11-16(12-19(22)26)13-33-7-9-34(10-8-33)15-21(36)29-24-32-31-23(38-24)28-17-4-6-35(14-17)20-3-2-5-27-30-20/h2-3,5,11-12,17H,4,6-10,13-15H2,1H3,(H,28,31)(H,29,32,36)/t17-/m1/s1. The molecule has 0 aliphatic carbocycles. The quantitative estimate of drug-likeness (QED) is 0.415. The lowest BCUT2D eigenvalue weighted by atomic mass is 10.1. The minimum absolute atomic E-state index is 0.157. The van der Waals surface area contributed by atoms with Crippen molar-refractivity contribution in [1.82, 2.24) is 30.2 Å². The third-order valence-electron chi connectivity index (χ3n) is 6.57. The SMILES string of the molecule is COc1c(F)cc(CN2CCN(CC(=O)Nc3nnc(N[C@@H]4CCN(c5cccnn5)C4)s3)CC2)cc1F. The van der Waals surface area contributed by atoms with E-state index in [4.69, 9.17) is 4.74 Å². The summed E-state index contributed by atoms with van der Waals surface area (Å²) < 4.78 is 32.7. The Labute approximate surface area is 222 Å². The maximum atomic E-state index is 14.0. The summed E-state index contributed by atoms with van der Waals surface area (Å²) in [6.07, 6.45) is 2.59. The number of amides is 1. The van der Waals surface area contributed by atoms with Gasteiger partial charge in [0.05, 0.1) is 13.7 Å². The van der Waals surface area contributed by atoms with Gasteiger partial charge in [-0.1, -0.05) is 11.3 Å². The first kappa shape index (κ1) is 26.1. The molecular weight excluding hydrogens is 516 g/mol. The Morgan fingerprint density at radius 2 is 1.82 bits per heavy atom. The molecule has 38 heavy (non-hydrogen) atoms. The molecule has 1 aromatic carbocycles. The van der Waals surface area contributed by atoms with Crippen molar-refractivity contribution in [3.8, 4) is 5.75 Å². The van der Waals surface area contributed by atoms with Gasteiger partial charge in [-0.3, -0.25) is 19.9 Å². The van der Waals surface area contributed by atoms with Gasteiger partial charge in [0.1, 0.15) is 0 Å². The van der Waals surface area contributed by atoms with E-state index in [1.807, 2.05) is 17.0 Å². The number of anilines is 3. The molecule has 5 rings (SSSR count). The molecule has 2 N–H and O–H groups in total. The smallest absolute Gasteiger partial charge is 0.240 e. The number of carbonyl (C=O) groups is 1. The second-order valence-corrected chi connectivity index (χ2v) is 10.2. The Kier molecular flexibility index (Phi) is 8.20. The molecule has 0 bridgehead atoms. The Morgan fingerprint density at radius 3 is 2.53 bits per heavy atom. The van der Waals surface area contributed by atoms with Gasteiger partial charge < -0.3 is 15.0 Å². The van der Waals surface area contributed by atoms with Gasteiger partial charge >= 0.3 is 0 Å². The highest BCUT2D eigenvalue weighted by atomic mass is 32.1. The third-order valence-corrected chi connectivity index (χ3v) is 7.34. The molecule has 3 aromatic rings. The van der Waals surface area contributed by atoms with Gasteiger partial charge in [0.15, 0.2) is 23.2 Å². The number of methoxy groups -OCH3 is 1. The van der Waals surface area contributed by atoms with Gasteiger partial charge in [0.2, 0.25) is 16.2 Å². The van der Waals surface area contributed by atoms with Gasteiger partial charge in [-0.25, -0.2) is 8.78 Å². The van der Waals surface area contributed by atoms with Crippen LogP contribution in [0.25, 0.3) is 0 Å². The molecular formula is C24H29F2N9O2S. The minimum atomic E-state index is -0.708. The van der Waals surface area contributed by atoms with E-state index in [-0.39, 0.29) is 24.2 Å². The van der Waals surface area contributed by atoms with Crippen molar-refractivity contribution in [1.29, 1.82) is 0 Å². The van der Waals surface area contributed by atoms with E-state index in [0.29, 0.717) is 48.6 Å². The van der Waals surface area contributed by atoms with Gasteiger partial charge in [0.25, 0.3) is 0 Å². The number of carbonyl (C=O) groups excluding carboxylic acids is 1. The van der Waals surface area contributed by atoms with Crippen molar-refractivity contribution in [3.63, 3.8) is 0 Å². The fraction of sp³-hybridized carbons (Fsp3) is 0.458. The van der Waals surface area contributed by atoms with Crippen LogP contribution in [0.1, 0.15) is 12.0 Å². The third kappa shape index (κ3) is 6.49. The second kappa shape index (κ2) is 11.9. The number of rotatable bonds is 9. The summed E-state index contributed by atoms with van der Waals surface area (Å²) in [5.74, 6) is -1.09. The maximum absolute atomic E-state index is 14.0. The largest absolute Gasteiger partial charge is 0.491 e. The van der Waals surface area contributed by atoms with E-state index in [1.54, 1.807) is 6.20 Å². The predicted molar refractivity (Wildman–Crippen MR) is 139 cm³/mol. The summed E-state index contributed by atoms with van der Waals surface area (Å²) in [7, 11) is 1.24. The topological polar surface area (TPSA) is 112 Å². The summed E-state index contributed by atoms with van der Waals surface area (Å²) in [5.41, 5.74) is 0.548. The summed E-state index contributed by atoms with van der Waals surface area (Å²) in [6, 6.07) is 6.62. The number of aromatic nitrogens is 4. The van der Waals surface area contributed by atoms with Crippen LogP contribution >= 0.6 is 11.3 Å². The number of piperazine rings is 1. The lowest BCUT2D eigenvalue weighted by Gasteiger charge is -2.34. The Morgan fingerprint density at radius 1 is 1.08 bits per heavy atom. The van der Waals surface area contributed by atoms with E-state index in [1.165, 1.54) is 30.6 Å². The molecule has 0 spiro atoms. The molecule has 2 saturated heterocycles. The Balaban J connectivity index is 1.04. The molecule has 1 amide bonds. The zero-order valence-corrected chi connectivity index (χ0v) is 21.8. The predicted octanol–water partition coefficient (Wildman–Crippen LogP) is 2.06. The number of ether oxygens (including phenoxy) is 1. The van der Waals surface area contributed by atoms with Crippen molar-refractivity contribution in [2.75, 3.05) is 68.5 Å². The first-order chi connectivity index (χ1) is 18.5. The van der Waals surface area contributed by atoms with Crippen molar-refractivity contribution < 1.29 is 18.3 Å². The lowest BCUT2D eigenvalue weighted by molar-refractivity contribution is -0.117. The van der Waals surface area contributed by atoms with Gasteiger partial charge in [0, 0.05) is 58.1 Å². The molecule has 0 radical (unpaired) electrons. The van der Waals surface area contributed by atoms with Crippen LogP contribution in [-0.2, 0) is 11.3 Å². The Bertz CT molecular complexity index is 1220. The summed E-state index contributed by atoms with van der Waals surface area (Å²) in [6.45, 7) is 5.02. The monoisotopic (exact) mass is 545 g/mol. The van der Waals surface area contributed by atoms with E-state index in [2.05, 4.69) is 40.8 Å². The van der Waals surface area contributed by atoms with Crippen LogP contribution in [-0.4, -0.2) is 95.1 Å². The molecule has 2 fully saturated rings. The van der Waals surface area contributed by atoms with E-state index >= 15 is 0 Å². The van der Waals surface area contributed by atoms with Crippen molar-refractivity contribution >= 4 is 33.3 Å². The lowest BCUT2D eigenvalue weighted by Crippen LogP contribution is -2.48. The van der Waals surface area contributed by atoms with E-state index in [9.17, 15) is 13.6 Å². The molecule has 2 aromatic heterocycles. The van der Waals surface area contributed by atoms with Crippen LogP contribution in [0.2, 0.25) is 0 Å². The van der Waals surface area contributed by atoms with Gasteiger partial charge in [-0.15, -0.1) is 15.3 Å². The maximum Gasteiger partial charge on any atom is 0.240 e. The van der Waals surface area contributed by atoms with Gasteiger partial charge in [-0.2, -0.15) is 5.10 Å². The highest BCUT2D eigenvalue weighted by Crippen LogP contribution is 2.25. The molecule has 0 saturated carbocycles. The van der Waals surface area contributed by atoms with Crippen LogP contribution in [0.4, 0.5) is 24.9 Å². The fourth-order valence-electron chi connectivity index (χ4n) is 4.68. The van der Waals surface area contributed by atoms with E-state index < -0.39 is 11.6 Å². The van der Waals surface area contributed by atoms with Crippen LogP contribution < -0.4 is 20.3 Å². The minimum Gasteiger partial charge on any atom is -0.491 e. The summed E-state index contributed by atoms with van der Waals surface area (Å²) in [5, 5.41) is 23.7. The molecule has 1 atom stereocenters. The average Bonchev–Trinajstić information content (AvgIpc) is 3.55. The highest BCUT2D eigenvalue weighted by Gasteiger charge is 2.25. The van der Waals surface area contributed by atoms with Crippen molar-refractivity contribution in [3.05, 3.63) is 47.7 Å². The zero-order chi connectivity index (χ0) is 26.5. The molecule has 14 heteroatoms. The molecule has 2 aliphatic heterocycles. The number of nitrogens with zero attached hydrogens (tertiary/aromatic N) is 7. The zero-order valence-electron chi connectivity index (χ0n) is 20.9. The normalized spacial score (nSPS) is 18.5. The van der Waals surface area contributed by atoms with Gasteiger partial charge in [-0.05, 0) is 36.2 Å². The second-order valence-electron chi connectivity index (χ2n) is 9.26. The number of halogens is 2. The molecule has 202 valence electrons. The number of hydrogen-bond acceptors (Lipinski definition) is 11. The number of benzene rings is 1. The van der Waals surface area contributed by atoms with Crippen LogP contribution in [0.5, 0.6) is 5.75 Å². The van der Waals surface area contributed by atoms with E-state index in [0.717, 1.165) is 25.3 Å². The fourth-order valence-corrected chi connectivity index (χ4v) is 5.42.